The van der Waals surface area contributed by atoms with Gasteiger partial charge in [0.05, 0.1) is 6.61 Å². The molecule has 0 unspecified atom stereocenters. The molecule has 94 valence electrons. The van der Waals surface area contributed by atoms with Crippen LogP contribution in [0.5, 0.6) is 5.75 Å². The van der Waals surface area contributed by atoms with Gasteiger partial charge in [0.15, 0.2) is 23.2 Å². The number of aliphatic hydroxyl groups is 1. The fraction of sp³-hybridized carbons (Fsp3) is 0.167. The zero-order valence-corrected chi connectivity index (χ0v) is 9.31. The molecule has 0 amide bonds. The second kappa shape index (κ2) is 5.50. The summed E-state index contributed by atoms with van der Waals surface area (Å²) in [5.41, 5.74) is 0.147. The molecule has 18 heavy (non-hydrogen) atoms. The van der Waals surface area contributed by atoms with E-state index in [0.29, 0.717) is 5.82 Å². The summed E-state index contributed by atoms with van der Waals surface area (Å²) in [6, 6.07) is 3.66. The van der Waals surface area contributed by atoms with Crippen molar-refractivity contribution in [1.29, 1.82) is 0 Å². The van der Waals surface area contributed by atoms with Crippen molar-refractivity contribution in [2.45, 2.75) is 13.2 Å². The highest BCUT2D eigenvalue weighted by atomic mass is 19.1. The zero-order chi connectivity index (χ0) is 13.0. The van der Waals surface area contributed by atoms with E-state index in [1.807, 2.05) is 0 Å². The maximum Gasteiger partial charge on any atom is 0.191 e. The average molecular weight is 252 g/mol. The van der Waals surface area contributed by atoms with E-state index in [0.717, 1.165) is 12.1 Å². The molecule has 0 aliphatic heterocycles. The summed E-state index contributed by atoms with van der Waals surface area (Å²) in [6.07, 6.45) is 3.01. The Kier molecular flexibility index (Phi) is 3.78. The zero-order valence-electron chi connectivity index (χ0n) is 9.31. The van der Waals surface area contributed by atoms with Crippen LogP contribution in [0.2, 0.25) is 0 Å². The Morgan fingerprint density at radius 3 is 2.28 bits per heavy atom. The Morgan fingerprint density at radius 2 is 1.72 bits per heavy atom. The van der Waals surface area contributed by atoms with Crippen LogP contribution in [-0.4, -0.2) is 15.1 Å². The first kappa shape index (κ1) is 12.4. The molecule has 2 rings (SSSR count). The Morgan fingerprint density at radius 1 is 1.11 bits per heavy atom. The molecule has 0 aliphatic rings. The molecule has 4 nitrogen and oxygen atoms in total. The van der Waals surface area contributed by atoms with E-state index >= 15 is 0 Å². The number of ether oxygens (including phenoxy) is 1. The number of aliphatic hydroxyl groups excluding tert-OH is 1. The van der Waals surface area contributed by atoms with Crippen LogP contribution in [0.1, 0.15) is 11.4 Å². The lowest BCUT2D eigenvalue weighted by atomic mass is 10.2. The molecular formula is C12H10F2N2O2. The van der Waals surface area contributed by atoms with E-state index in [-0.39, 0.29) is 12.2 Å². The fourth-order valence-corrected chi connectivity index (χ4v) is 1.38. The summed E-state index contributed by atoms with van der Waals surface area (Å²) in [5.74, 6) is -1.91. The highest BCUT2D eigenvalue weighted by Gasteiger charge is 2.13. The minimum Gasteiger partial charge on any atom is -0.479 e. The first-order valence-corrected chi connectivity index (χ1v) is 5.18. The SMILES string of the molecule is OCc1cc(F)c(OCc2ncccn2)c(F)c1. The molecule has 2 aromatic rings. The molecule has 0 radical (unpaired) electrons. The molecule has 0 aliphatic carbocycles. The lowest BCUT2D eigenvalue weighted by Crippen LogP contribution is -2.04. The van der Waals surface area contributed by atoms with Crippen molar-refractivity contribution in [3.63, 3.8) is 0 Å². The molecule has 1 N–H and O–H groups in total. The van der Waals surface area contributed by atoms with Gasteiger partial charge in [-0.3, -0.25) is 0 Å². The highest BCUT2D eigenvalue weighted by Crippen LogP contribution is 2.23. The van der Waals surface area contributed by atoms with Crippen LogP contribution < -0.4 is 4.74 Å². The first-order chi connectivity index (χ1) is 8.70. The third-order valence-corrected chi connectivity index (χ3v) is 2.21. The lowest BCUT2D eigenvalue weighted by Gasteiger charge is -2.08. The van der Waals surface area contributed by atoms with Crippen molar-refractivity contribution in [2.75, 3.05) is 0 Å². The predicted octanol–water partition coefficient (Wildman–Crippen LogP) is 1.83. The molecular weight excluding hydrogens is 242 g/mol. The molecule has 6 heteroatoms. The van der Waals surface area contributed by atoms with Crippen molar-refractivity contribution in [2.24, 2.45) is 0 Å². The largest absolute Gasteiger partial charge is 0.479 e. The summed E-state index contributed by atoms with van der Waals surface area (Å²) in [7, 11) is 0. The summed E-state index contributed by atoms with van der Waals surface area (Å²) < 4.78 is 32.0. The topological polar surface area (TPSA) is 55.2 Å². The number of halogens is 2. The molecule has 0 spiro atoms. The molecule has 0 fully saturated rings. The van der Waals surface area contributed by atoms with Crippen molar-refractivity contribution < 1.29 is 18.6 Å². The van der Waals surface area contributed by atoms with Crippen LogP contribution in [0.3, 0.4) is 0 Å². The van der Waals surface area contributed by atoms with Gasteiger partial charge in [-0.05, 0) is 23.8 Å². The second-order valence-electron chi connectivity index (χ2n) is 3.50. The number of hydrogen-bond acceptors (Lipinski definition) is 4. The Bertz CT molecular complexity index is 512. The van der Waals surface area contributed by atoms with Gasteiger partial charge < -0.3 is 9.84 Å². The Hall–Kier alpha value is -2.08. The van der Waals surface area contributed by atoms with Crippen LogP contribution in [0.15, 0.2) is 30.6 Å². The highest BCUT2D eigenvalue weighted by molar-refractivity contribution is 5.31. The number of benzene rings is 1. The van der Waals surface area contributed by atoms with Gasteiger partial charge in [0.1, 0.15) is 6.61 Å². The van der Waals surface area contributed by atoms with E-state index in [2.05, 4.69) is 9.97 Å². The standard InChI is InChI=1S/C12H10F2N2O2/c13-9-4-8(6-17)5-10(14)12(9)18-7-11-15-2-1-3-16-11/h1-5,17H,6-7H2. The normalized spacial score (nSPS) is 10.4. The summed E-state index contributed by atoms with van der Waals surface area (Å²) in [4.78, 5) is 7.73. The monoisotopic (exact) mass is 252 g/mol. The van der Waals surface area contributed by atoms with Gasteiger partial charge in [-0.15, -0.1) is 0 Å². The van der Waals surface area contributed by atoms with E-state index in [9.17, 15) is 8.78 Å². The van der Waals surface area contributed by atoms with Gasteiger partial charge in [-0.2, -0.15) is 0 Å². The average Bonchev–Trinajstić information content (AvgIpc) is 2.38. The molecule has 1 heterocycles. The Balaban J connectivity index is 2.15. The molecule has 0 bridgehead atoms. The van der Waals surface area contributed by atoms with E-state index in [1.54, 1.807) is 6.07 Å². The Labute approximate surface area is 102 Å². The van der Waals surface area contributed by atoms with Crippen LogP contribution in [0.4, 0.5) is 8.78 Å². The lowest BCUT2D eigenvalue weighted by molar-refractivity contribution is 0.260. The summed E-state index contributed by atoms with van der Waals surface area (Å²) in [5, 5.41) is 8.79. The van der Waals surface area contributed by atoms with E-state index in [4.69, 9.17) is 9.84 Å². The van der Waals surface area contributed by atoms with Gasteiger partial charge in [0, 0.05) is 12.4 Å². The maximum atomic E-state index is 13.5. The minimum atomic E-state index is -0.866. The van der Waals surface area contributed by atoms with Crippen LogP contribution >= 0.6 is 0 Å². The smallest absolute Gasteiger partial charge is 0.191 e. The van der Waals surface area contributed by atoms with Gasteiger partial charge in [0.25, 0.3) is 0 Å². The quantitative estimate of drug-likeness (QED) is 0.901. The van der Waals surface area contributed by atoms with Crippen molar-refractivity contribution >= 4 is 0 Å². The van der Waals surface area contributed by atoms with Gasteiger partial charge in [-0.25, -0.2) is 18.7 Å². The number of aromatic nitrogens is 2. The van der Waals surface area contributed by atoms with Gasteiger partial charge >= 0.3 is 0 Å². The molecule has 1 aromatic carbocycles. The summed E-state index contributed by atoms with van der Waals surface area (Å²) in [6.45, 7) is -0.566. The minimum absolute atomic E-state index is 0.132. The number of rotatable bonds is 4. The maximum absolute atomic E-state index is 13.5. The van der Waals surface area contributed by atoms with Crippen molar-refractivity contribution in [3.05, 3.63) is 53.6 Å². The fourth-order valence-electron chi connectivity index (χ4n) is 1.38. The molecule has 0 atom stereocenters. The number of nitrogens with zero attached hydrogens (tertiary/aromatic N) is 2. The van der Waals surface area contributed by atoms with Crippen molar-refractivity contribution in [3.8, 4) is 5.75 Å². The van der Waals surface area contributed by atoms with E-state index in [1.165, 1.54) is 12.4 Å². The second-order valence-corrected chi connectivity index (χ2v) is 3.50. The van der Waals surface area contributed by atoms with Gasteiger partial charge in [0.2, 0.25) is 0 Å². The summed E-state index contributed by atoms with van der Waals surface area (Å²) >= 11 is 0. The van der Waals surface area contributed by atoms with Gasteiger partial charge in [-0.1, -0.05) is 0 Å². The van der Waals surface area contributed by atoms with Crippen LogP contribution in [-0.2, 0) is 13.2 Å². The van der Waals surface area contributed by atoms with Crippen molar-refractivity contribution in [1.82, 2.24) is 9.97 Å². The third-order valence-electron chi connectivity index (χ3n) is 2.21. The third kappa shape index (κ3) is 2.78. The van der Waals surface area contributed by atoms with Crippen LogP contribution in [0.25, 0.3) is 0 Å². The molecule has 0 saturated carbocycles. The number of hydrogen-bond donors (Lipinski definition) is 1. The van der Waals surface area contributed by atoms with Crippen LogP contribution in [0, 0.1) is 11.6 Å². The molecule has 0 saturated heterocycles. The predicted molar refractivity (Wildman–Crippen MR) is 58.6 cm³/mol. The first-order valence-electron chi connectivity index (χ1n) is 5.18. The van der Waals surface area contributed by atoms with E-state index < -0.39 is 24.0 Å². The molecule has 1 aromatic heterocycles.